The van der Waals surface area contributed by atoms with Crippen LogP contribution in [0, 0.1) is 20.8 Å². The zero-order chi connectivity index (χ0) is 39.8. The van der Waals surface area contributed by atoms with E-state index in [2.05, 4.69) is 191 Å². The Morgan fingerprint density at radius 1 is 0.618 bits per heavy atom. The normalized spacial score (nSPS) is 12.7. The fraction of sp³-hybridized carbons (Fsp3) is 0.360. The lowest BCUT2D eigenvalue weighted by Crippen LogP contribution is -2.20. The molecular weight excluding hydrogens is 673 g/mol. The summed E-state index contributed by atoms with van der Waals surface area (Å²) in [7, 11) is 0. The molecule has 0 saturated heterocycles. The smallest absolute Gasteiger partial charge is 0.137 e. The van der Waals surface area contributed by atoms with Crippen LogP contribution in [0.15, 0.2) is 91.1 Å². The van der Waals surface area contributed by atoms with Crippen LogP contribution in [0.3, 0.4) is 0 Å². The summed E-state index contributed by atoms with van der Waals surface area (Å²) >= 11 is 0. The molecule has 7 rings (SSSR count). The molecule has 3 heterocycles. The first-order valence-corrected chi connectivity index (χ1v) is 19.8. The van der Waals surface area contributed by atoms with Gasteiger partial charge in [0.05, 0.1) is 22.4 Å². The molecular formula is C50H58N4O. The molecule has 0 radical (unpaired) electrons. The summed E-state index contributed by atoms with van der Waals surface area (Å²) in [4.78, 5) is 4.88. The number of rotatable bonds is 6. The Morgan fingerprint density at radius 3 is 1.91 bits per heavy atom. The largest absolute Gasteiger partial charge is 0.457 e. The Bertz CT molecular complexity index is 2540. The molecule has 0 amide bonds. The molecule has 0 N–H and O–H groups in total. The van der Waals surface area contributed by atoms with Gasteiger partial charge in [-0.25, -0.2) is 9.67 Å². The van der Waals surface area contributed by atoms with E-state index < -0.39 is 0 Å². The maximum Gasteiger partial charge on any atom is 0.137 e. The van der Waals surface area contributed by atoms with Gasteiger partial charge in [-0.15, -0.1) is 0 Å². The highest BCUT2D eigenvalue weighted by molar-refractivity contribution is 6.09. The number of pyridine rings is 1. The molecule has 0 aliphatic heterocycles. The second-order valence-electron chi connectivity index (χ2n) is 18.9. The number of benzene rings is 4. The van der Waals surface area contributed by atoms with Crippen LogP contribution in [-0.2, 0) is 16.2 Å². The van der Waals surface area contributed by atoms with Gasteiger partial charge >= 0.3 is 0 Å². The van der Waals surface area contributed by atoms with Gasteiger partial charge in [-0.1, -0.05) is 112 Å². The molecule has 0 spiro atoms. The SMILES string of the molecule is Cc1cc(C(C)(C)C)c(-c2c(C)nn(-c3cc(Oc4ccc5c6ccccc6n(-c6cc(C(C)(C)C)ccn6)c5c4)cc(C(C)C)c3)c2C)c(C(C)(C)C)c1. The first-order valence-electron chi connectivity index (χ1n) is 19.8. The van der Waals surface area contributed by atoms with Gasteiger partial charge < -0.3 is 4.74 Å². The summed E-state index contributed by atoms with van der Waals surface area (Å²) in [5.74, 6) is 2.75. The lowest BCUT2D eigenvalue weighted by atomic mass is 9.73. The molecule has 0 saturated carbocycles. The van der Waals surface area contributed by atoms with Crippen LogP contribution >= 0.6 is 0 Å². The van der Waals surface area contributed by atoms with E-state index in [1.165, 1.54) is 44.3 Å². The highest BCUT2D eigenvalue weighted by atomic mass is 16.5. The molecule has 0 aliphatic carbocycles. The van der Waals surface area contributed by atoms with E-state index in [9.17, 15) is 0 Å². The third-order valence-corrected chi connectivity index (χ3v) is 11.0. The van der Waals surface area contributed by atoms with E-state index in [1.54, 1.807) is 0 Å². The summed E-state index contributed by atoms with van der Waals surface area (Å²) in [6.45, 7) is 31.7. The van der Waals surface area contributed by atoms with Gasteiger partial charge in [-0.3, -0.25) is 4.57 Å². The molecule has 55 heavy (non-hydrogen) atoms. The number of hydrogen-bond donors (Lipinski definition) is 0. The second kappa shape index (κ2) is 13.5. The van der Waals surface area contributed by atoms with E-state index in [4.69, 9.17) is 14.8 Å². The highest BCUT2D eigenvalue weighted by Gasteiger charge is 2.30. The van der Waals surface area contributed by atoms with Crippen molar-refractivity contribution in [2.45, 2.75) is 119 Å². The molecule has 7 aromatic rings. The quantitative estimate of drug-likeness (QED) is 0.171. The van der Waals surface area contributed by atoms with Gasteiger partial charge in [0, 0.05) is 40.4 Å². The Kier molecular flexibility index (Phi) is 9.39. The summed E-state index contributed by atoms with van der Waals surface area (Å²) < 4.78 is 11.2. The van der Waals surface area contributed by atoms with Crippen molar-refractivity contribution in [2.24, 2.45) is 0 Å². The maximum absolute atomic E-state index is 6.83. The lowest BCUT2D eigenvalue weighted by molar-refractivity contribution is 0.481. The fourth-order valence-corrected chi connectivity index (χ4v) is 8.02. The van der Waals surface area contributed by atoms with Crippen molar-refractivity contribution >= 4 is 21.8 Å². The van der Waals surface area contributed by atoms with Gasteiger partial charge in [-0.05, 0) is 113 Å². The van der Waals surface area contributed by atoms with Crippen molar-refractivity contribution in [2.75, 3.05) is 0 Å². The van der Waals surface area contributed by atoms with E-state index in [0.717, 1.165) is 50.8 Å². The second-order valence-corrected chi connectivity index (χ2v) is 18.9. The van der Waals surface area contributed by atoms with Crippen LogP contribution in [-0.4, -0.2) is 19.3 Å². The highest BCUT2D eigenvalue weighted by Crippen LogP contribution is 2.44. The topological polar surface area (TPSA) is 44.9 Å². The maximum atomic E-state index is 6.83. The van der Waals surface area contributed by atoms with E-state index in [1.807, 2.05) is 6.20 Å². The van der Waals surface area contributed by atoms with Crippen LogP contribution in [0.25, 0.3) is 44.4 Å². The first-order chi connectivity index (χ1) is 25.7. The van der Waals surface area contributed by atoms with Crippen molar-refractivity contribution in [1.82, 2.24) is 19.3 Å². The number of fused-ring (bicyclic) bond motifs is 3. The predicted molar refractivity (Wildman–Crippen MR) is 232 cm³/mol. The summed E-state index contributed by atoms with van der Waals surface area (Å²) in [6, 6.07) is 30.6. The Balaban J connectivity index is 1.37. The van der Waals surface area contributed by atoms with Crippen LogP contribution in [0.4, 0.5) is 0 Å². The zero-order valence-electron chi connectivity index (χ0n) is 35.4. The summed E-state index contributed by atoms with van der Waals surface area (Å²) in [5, 5.41) is 7.61. The van der Waals surface area contributed by atoms with Crippen molar-refractivity contribution in [3.05, 3.63) is 130 Å². The molecule has 5 heteroatoms. The number of hydrogen-bond acceptors (Lipinski definition) is 3. The molecule has 0 unspecified atom stereocenters. The van der Waals surface area contributed by atoms with Crippen LogP contribution in [0.1, 0.15) is 121 Å². The van der Waals surface area contributed by atoms with Gasteiger partial charge in [0.2, 0.25) is 0 Å². The van der Waals surface area contributed by atoms with Crippen molar-refractivity contribution in [3.63, 3.8) is 0 Å². The average Bonchev–Trinajstić information content (AvgIpc) is 3.59. The molecule has 5 nitrogen and oxygen atoms in total. The molecule has 0 bridgehead atoms. The van der Waals surface area contributed by atoms with Crippen molar-refractivity contribution in [1.29, 1.82) is 0 Å². The average molecular weight is 731 g/mol. The number of ether oxygens (including phenoxy) is 1. The number of aryl methyl sites for hydroxylation is 2. The van der Waals surface area contributed by atoms with Gasteiger partial charge in [-0.2, -0.15) is 5.10 Å². The van der Waals surface area contributed by atoms with Crippen LogP contribution in [0.5, 0.6) is 11.5 Å². The van der Waals surface area contributed by atoms with E-state index in [-0.39, 0.29) is 16.2 Å². The van der Waals surface area contributed by atoms with Crippen LogP contribution < -0.4 is 4.74 Å². The van der Waals surface area contributed by atoms with Gasteiger partial charge in [0.15, 0.2) is 0 Å². The first kappa shape index (κ1) is 38.1. The summed E-state index contributed by atoms with van der Waals surface area (Å²) in [6.07, 6.45) is 1.92. The van der Waals surface area contributed by atoms with Gasteiger partial charge in [0.25, 0.3) is 0 Å². The Labute approximate surface area is 328 Å². The van der Waals surface area contributed by atoms with Crippen molar-refractivity contribution in [3.8, 4) is 34.1 Å². The van der Waals surface area contributed by atoms with Crippen LogP contribution in [0.2, 0.25) is 0 Å². The number of aromatic nitrogens is 4. The third-order valence-electron chi connectivity index (χ3n) is 11.0. The zero-order valence-corrected chi connectivity index (χ0v) is 35.4. The minimum atomic E-state index is -0.0425. The van der Waals surface area contributed by atoms with E-state index in [0.29, 0.717) is 5.92 Å². The predicted octanol–water partition coefficient (Wildman–Crippen LogP) is 13.8. The van der Waals surface area contributed by atoms with Gasteiger partial charge in [0.1, 0.15) is 17.3 Å². The molecule has 3 aromatic heterocycles. The Morgan fingerprint density at radius 2 is 1.27 bits per heavy atom. The molecule has 284 valence electrons. The van der Waals surface area contributed by atoms with Crippen molar-refractivity contribution < 1.29 is 4.74 Å². The molecule has 0 fully saturated rings. The lowest BCUT2D eigenvalue weighted by Gasteiger charge is -2.31. The number of nitrogens with zero attached hydrogens (tertiary/aromatic N) is 4. The minimum Gasteiger partial charge on any atom is -0.457 e. The summed E-state index contributed by atoms with van der Waals surface area (Å²) in [5.41, 5.74) is 14.2. The Hall–Kier alpha value is -5.16. The molecule has 0 atom stereocenters. The monoisotopic (exact) mass is 730 g/mol. The molecule has 4 aromatic carbocycles. The van der Waals surface area contributed by atoms with E-state index >= 15 is 0 Å². The number of para-hydroxylation sites is 1. The third kappa shape index (κ3) is 7.10. The standard InChI is InChI=1S/C50H58N4O/c1-30(2)34-25-36(54-33(5)46(32(4)52-54)47-41(49(9,10)11)23-31(3)24-42(47)50(12,13)14)28-38(26-34)55-37-19-20-40-39-17-15-16-18-43(39)53(44(40)29-37)45-27-35(21-22-51-45)48(6,7)8/h15-30H,1-14H3. The fourth-order valence-electron chi connectivity index (χ4n) is 8.02. The molecule has 0 aliphatic rings. The minimum absolute atomic E-state index is 0.00000892.